The van der Waals surface area contributed by atoms with Gasteiger partial charge in [0, 0.05) is 36.3 Å². The molecule has 0 saturated heterocycles. The van der Waals surface area contributed by atoms with E-state index in [-0.39, 0.29) is 11.8 Å². The van der Waals surface area contributed by atoms with Gasteiger partial charge in [0.25, 0.3) is 0 Å². The molecule has 0 radical (unpaired) electrons. The molecule has 1 aliphatic carbocycles. The minimum atomic E-state index is 0.228. The number of amides is 1. The Morgan fingerprint density at radius 3 is 2.75 bits per heavy atom. The summed E-state index contributed by atoms with van der Waals surface area (Å²) in [6.07, 6.45) is 4.23. The van der Waals surface area contributed by atoms with Crippen molar-refractivity contribution in [2.45, 2.75) is 45.4 Å². The third kappa shape index (κ3) is 6.15. The lowest BCUT2D eigenvalue weighted by atomic mass is 9.85. The number of nitrogens with zero attached hydrogens (tertiary/aromatic N) is 1. The summed E-state index contributed by atoms with van der Waals surface area (Å²) in [5.41, 5.74) is 0. The van der Waals surface area contributed by atoms with Gasteiger partial charge in [0.1, 0.15) is 0 Å². The summed E-state index contributed by atoms with van der Waals surface area (Å²) < 4.78 is 0. The topological polar surface area (TPSA) is 65.5 Å². The fraction of sp³-hybridized carbons (Fsp3) is 0.667. The molecule has 1 unspecified atom stereocenters. The van der Waals surface area contributed by atoms with Crippen molar-refractivity contribution in [3.63, 3.8) is 0 Å². The maximum atomic E-state index is 11.7. The van der Waals surface area contributed by atoms with E-state index in [4.69, 9.17) is 0 Å². The number of guanidine groups is 1. The number of carbonyl (C=O) groups is 1. The van der Waals surface area contributed by atoms with E-state index in [1.807, 2.05) is 0 Å². The van der Waals surface area contributed by atoms with E-state index < -0.39 is 0 Å². The normalized spacial score (nSPS) is 16.3. The maximum Gasteiger partial charge on any atom is 0.223 e. The van der Waals surface area contributed by atoms with Crippen LogP contribution in [0.5, 0.6) is 0 Å². The molecule has 3 N–H and O–H groups in total. The Morgan fingerprint density at radius 2 is 2.12 bits per heavy atom. The van der Waals surface area contributed by atoms with Gasteiger partial charge in [-0.15, -0.1) is 11.3 Å². The Labute approximate surface area is 149 Å². The summed E-state index contributed by atoms with van der Waals surface area (Å²) in [7, 11) is 0. The summed E-state index contributed by atoms with van der Waals surface area (Å²) in [6, 6.07) is 4.25. The molecule has 1 aliphatic rings. The van der Waals surface area contributed by atoms with Crippen LogP contribution in [0.3, 0.4) is 0 Å². The predicted molar refractivity (Wildman–Crippen MR) is 102 cm³/mol. The molecule has 6 heteroatoms. The number of hydrogen-bond donors (Lipinski definition) is 3. The van der Waals surface area contributed by atoms with Gasteiger partial charge in [-0.3, -0.25) is 9.79 Å². The van der Waals surface area contributed by atoms with E-state index >= 15 is 0 Å². The van der Waals surface area contributed by atoms with Crippen molar-refractivity contribution < 1.29 is 4.79 Å². The molecule has 1 heterocycles. The lowest BCUT2D eigenvalue weighted by molar-refractivity contribution is -0.127. The first-order valence-electron chi connectivity index (χ1n) is 9.04. The van der Waals surface area contributed by atoms with Gasteiger partial charge in [-0.25, -0.2) is 0 Å². The number of hydrogen-bond acceptors (Lipinski definition) is 3. The lowest BCUT2D eigenvalue weighted by Crippen LogP contribution is -2.40. The molecular formula is C18H30N4OS. The minimum absolute atomic E-state index is 0.228. The highest BCUT2D eigenvalue weighted by Crippen LogP contribution is 2.26. The number of nitrogens with one attached hydrogen (secondary N) is 3. The van der Waals surface area contributed by atoms with Crippen molar-refractivity contribution >= 4 is 23.2 Å². The van der Waals surface area contributed by atoms with Crippen molar-refractivity contribution in [1.82, 2.24) is 16.0 Å². The smallest absolute Gasteiger partial charge is 0.223 e. The average molecular weight is 351 g/mol. The first-order chi connectivity index (χ1) is 11.7. The zero-order valence-electron chi connectivity index (χ0n) is 14.8. The first-order valence-corrected chi connectivity index (χ1v) is 9.92. The Kier molecular flexibility index (Phi) is 8.08. The van der Waals surface area contributed by atoms with E-state index in [1.165, 1.54) is 11.3 Å². The van der Waals surface area contributed by atoms with E-state index in [9.17, 15) is 4.79 Å². The standard InChI is InChI=1S/C18H30N4OS/c1-3-19-18(22-13-14(2)16-9-5-12-24-16)21-11-6-10-20-17(23)15-7-4-8-15/h5,9,12,14-15H,3-4,6-8,10-11,13H2,1-2H3,(H,20,23)(H2,19,21,22). The second kappa shape index (κ2) is 10.3. The maximum absolute atomic E-state index is 11.7. The van der Waals surface area contributed by atoms with Crippen molar-refractivity contribution in [2.24, 2.45) is 10.9 Å². The first kappa shape index (κ1) is 18.8. The van der Waals surface area contributed by atoms with Gasteiger partial charge in [-0.05, 0) is 37.6 Å². The van der Waals surface area contributed by atoms with Crippen LogP contribution in [0.2, 0.25) is 0 Å². The molecule has 0 bridgehead atoms. The van der Waals surface area contributed by atoms with Crippen molar-refractivity contribution in [3.05, 3.63) is 22.4 Å². The second-order valence-corrected chi connectivity index (χ2v) is 7.31. The van der Waals surface area contributed by atoms with Crippen LogP contribution in [0.15, 0.2) is 22.5 Å². The van der Waals surface area contributed by atoms with Crippen LogP contribution in [0, 0.1) is 5.92 Å². The highest BCUT2D eigenvalue weighted by atomic mass is 32.1. The summed E-state index contributed by atoms with van der Waals surface area (Å²) in [6.45, 7) is 7.43. The van der Waals surface area contributed by atoms with Crippen molar-refractivity contribution in [2.75, 3.05) is 26.2 Å². The highest BCUT2D eigenvalue weighted by molar-refractivity contribution is 7.10. The third-order valence-electron chi connectivity index (χ3n) is 4.32. The molecule has 1 fully saturated rings. The molecule has 0 aliphatic heterocycles. The summed E-state index contributed by atoms with van der Waals surface area (Å²) in [5.74, 6) is 1.79. The van der Waals surface area contributed by atoms with Crippen molar-refractivity contribution in [3.8, 4) is 0 Å². The molecule has 0 aromatic carbocycles. The van der Waals surface area contributed by atoms with Crippen molar-refractivity contribution in [1.29, 1.82) is 0 Å². The largest absolute Gasteiger partial charge is 0.357 e. The van der Waals surface area contributed by atoms with Crippen LogP contribution in [0.25, 0.3) is 0 Å². The molecule has 24 heavy (non-hydrogen) atoms. The van der Waals surface area contributed by atoms with Crippen LogP contribution in [0.4, 0.5) is 0 Å². The van der Waals surface area contributed by atoms with E-state index in [0.717, 1.165) is 51.4 Å². The average Bonchev–Trinajstić information content (AvgIpc) is 3.04. The Bertz CT molecular complexity index is 511. The molecule has 1 saturated carbocycles. The molecule has 134 valence electrons. The minimum Gasteiger partial charge on any atom is -0.357 e. The van der Waals surface area contributed by atoms with E-state index in [0.29, 0.717) is 5.92 Å². The van der Waals surface area contributed by atoms with Gasteiger partial charge >= 0.3 is 0 Å². The SMILES string of the molecule is CCNC(=NCC(C)c1cccs1)NCCCNC(=O)C1CCC1. The molecular weight excluding hydrogens is 320 g/mol. The van der Waals surface area contributed by atoms with Crippen LogP contribution < -0.4 is 16.0 Å². The van der Waals surface area contributed by atoms with Gasteiger partial charge in [0.15, 0.2) is 5.96 Å². The molecule has 1 aromatic heterocycles. The predicted octanol–water partition coefficient (Wildman–Crippen LogP) is 2.71. The summed E-state index contributed by atoms with van der Waals surface area (Å²) in [5, 5.41) is 11.7. The molecule has 1 amide bonds. The van der Waals surface area contributed by atoms with Gasteiger partial charge in [-0.1, -0.05) is 19.4 Å². The van der Waals surface area contributed by atoms with Crippen LogP contribution in [0.1, 0.15) is 50.3 Å². The number of thiophene rings is 1. The molecule has 2 rings (SSSR count). The summed E-state index contributed by atoms with van der Waals surface area (Å²) >= 11 is 1.78. The van der Waals surface area contributed by atoms with Crippen LogP contribution in [-0.2, 0) is 4.79 Å². The van der Waals surface area contributed by atoms with Gasteiger partial charge in [0.2, 0.25) is 5.91 Å². The zero-order chi connectivity index (χ0) is 17.2. The molecule has 1 aromatic rings. The number of rotatable bonds is 9. The lowest BCUT2D eigenvalue weighted by Gasteiger charge is -2.24. The number of carbonyl (C=O) groups excluding carboxylic acids is 1. The zero-order valence-corrected chi connectivity index (χ0v) is 15.6. The van der Waals surface area contributed by atoms with Gasteiger partial charge in [-0.2, -0.15) is 0 Å². The third-order valence-corrected chi connectivity index (χ3v) is 5.42. The van der Waals surface area contributed by atoms with E-state index in [1.54, 1.807) is 11.3 Å². The highest BCUT2D eigenvalue weighted by Gasteiger charge is 2.24. The van der Waals surface area contributed by atoms with E-state index in [2.05, 4.69) is 52.3 Å². The fourth-order valence-corrected chi connectivity index (χ4v) is 3.33. The van der Waals surface area contributed by atoms with Gasteiger partial charge in [0.05, 0.1) is 6.54 Å². The molecule has 0 spiro atoms. The summed E-state index contributed by atoms with van der Waals surface area (Å²) in [4.78, 5) is 17.8. The monoisotopic (exact) mass is 350 g/mol. The number of aliphatic imine (C=N–C) groups is 1. The Balaban J connectivity index is 1.64. The Hall–Kier alpha value is -1.56. The second-order valence-electron chi connectivity index (χ2n) is 6.34. The molecule has 5 nitrogen and oxygen atoms in total. The van der Waals surface area contributed by atoms with Crippen LogP contribution in [-0.4, -0.2) is 38.0 Å². The molecule has 1 atom stereocenters. The van der Waals surface area contributed by atoms with Gasteiger partial charge < -0.3 is 16.0 Å². The quantitative estimate of drug-likeness (QED) is 0.364. The van der Waals surface area contributed by atoms with Crippen LogP contribution >= 0.6 is 11.3 Å². The fourth-order valence-electron chi connectivity index (χ4n) is 2.55. The Morgan fingerprint density at radius 1 is 1.33 bits per heavy atom.